The zero-order chi connectivity index (χ0) is 26.0. The normalized spacial score (nSPS) is 12.1. The van der Waals surface area contributed by atoms with Gasteiger partial charge in [0, 0.05) is 11.6 Å². The van der Waals surface area contributed by atoms with Crippen molar-refractivity contribution in [2.24, 2.45) is 5.92 Å². The molecule has 2 heterocycles. The highest BCUT2D eigenvalue weighted by molar-refractivity contribution is 5.80. The van der Waals surface area contributed by atoms with Crippen LogP contribution in [-0.2, 0) is 19.1 Å². The van der Waals surface area contributed by atoms with Crippen LogP contribution in [0.4, 0.5) is 13.2 Å². The lowest BCUT2D eigenvalue weighted by atomic mass is 9.98. The molecule has 0 aliphatic rings. The van der Waals surface area contributed by atoms with E-state index >= 15 is 0 Å². The molecule has 1 N–H and O–H groups in total. The van der Waals surface area contributed by atoms with Gasteiger partial charge in [0.1, 0.15) is 5.69 Å². The molecule has 2 aromatic heterocycles. The summed E-state index contributed by atoms with van der Waals surface area (Å²) in [6, 6.07) is 14.4. The van der Waals surface area contributed by atoms with Crippen molar-refractivity contribution < 1.29 is 13.2 Å². The largest absolute Gasteiger partial charge is 0.433 e. The van der Waals surface area contributed by atoms with Gasteiger partial charge in [-0.2, -0.15) is 18.4 Å². The van der Waals surface area contributed by atoms with Gasteiger partial charge in [-0.3, -0.25) is 9.13 Å². The first-order valence-electron chi connectivity index (χ1n) is 11.9. The molecule has 36 heavy (non-hydrogen) atoms. The second kappa shape index (κ2) is 10.1. The molecule has 0 bridgehead atoms. The van der Waals surface area contributed by atoms with Crippen molar-refractivity contribution in [2.75, 3.05) is 0 Å². The third kappa shape index (κ3) is 5.12. The number of benzene rings is 2. The zero-order valence-corrected chi connectivity index (χ0v) is 20.7. The first kappa shape index (κ1) is 25.4. The van der Waals surface area contributed by atoms with Crippen LogP contribution in [0.25, 0.3) is 22.5 Å². The van der Waals surface area contributed by atoms with Crippen molar-refractivity contribution in [1.29, 1.82) is 0 Å². The van der Waals surface area contributed by atoms with Crippen LogP contribution in [0.3, 0.4) is 0 Å². The maximum atomic E-state index is 14.1. The Bertz CT molecular complexity index is 1370. The van der Waals surface area contributed by atoms with Crippen LogP contribution in [0.1, 0.15) is 57.1 Å². The molecule has 0 spiro atoms. The van der Waals surface area contributed by atoms with Crippen molar-refractivity contribution >= 4 is 0 Å². The first-order valence-corrected chi connectivity index (χ1v) is 11.9. The molecule has 7 nitrogen and oxygen atoms in total. The Labute approximate surface area is 207 Å². The molecule has 4 rings (SSSR count). The average Bonchev–Trinajstić information content (AvgIpc) is 3.45. The minimum Gasteiger partial charge on any atom is -0.291 e. The van der Waals surface area contributed by atoms with Gasteiger partial charge in [-0.15, -0.1) is 10.2 Å². The van der Waals surface area contributed by atoms with E-state index in [1.165, 1.54) is 4.57 Å². The Morgan fingerprint density at radius 1 is 0.972 bits per heavy atom. The highest BCUT2D eigenvalue weighted by Crippen LogP contribution is 2.35. The minimum atomic E-state index is -4.62. The van der Waals surface area contributed by atoms with Crippen molar-refractivity contribution in [3.8, 4) is 22.5 Å². The molecule has 0 aliphatic heterocycles. The number of tetrazole rings is 1. The van der Waals surface area contributed by atoms with E-state index in [0.717, 1.165) is 26.8 Å². The van der Waals surface area contributed by atoms with Crippen molar-refractivity contribution in [3.05, 3.63) is 76.0 Å². The topological polar surface area (TPSA) is 81.4 Å². The summed E-state index contributed by atoms with van der Waals surface area (Å²) < 4.78 is 44.6. The van der Waals surface area contributed by atoms with Crippen LogP contribution in [0.5, 0.6) is 0 Å². The van der Waals surface area contributed by atoms with Gasteiger partial charge < -0.3 is 0 Å². The summed E-state index contributed by atoms with van der Waals surface area (Å²) in [5, 5.41) is 14.2. The third-order valence-electron chi connectivity index (χ3n) is 6.14. The van der Waals surface area contributed by atoms with Crippen molar-refractivity contribution in [2.45, 2.75) is 59.3 Å². The molecule has 0 fully saturated rings. The Balaban J connectivity index is 1.73. The van der Waals surface area contributed by atoms with Crippen LogP contribution < -0.4 is 5.69 Å². The van der Waals surface area contributed by atoms with Gasteiger partial charge in [-0.25, -0.2) is 4.79 Å². The number of aromatic amines is 1. The predicted molar refractivity (Wildman–Crippen MR) is 131 cm³/mol. The number of imidazole rings is 1. The van der Waals surface area contributed by atoms with E-state index in [2.05, 4.69) is 20.6 Å². The summed E-state index contributed by atoms with van der Waals surface area (Å²) in [5.74, 6) is 0.668. The summed E-state index contributed by atoms with van der Waals surface area (Å²) in [6.07, 6.45) is -3.89. The Morgan fingerprint density at radius 2 is 1.64 bits per heavy atom. The maximum absolute atomic E-state index is 14.1. The monoisotopic (exact) mass is 498 g/mol. The lowest BCUT2D eigenvalue weighted by Gasteiger charge is -2.16. The summed E-state index contributed by atoms with van der Waals surface area (Å²) in [4.78, 5) is 13.2. The van der Waals surface area contributed by atoms with Gasteiger partial charge in [0.2, 0.25) is 5.82 Å². The van der Waals surface area contributed by atoms with Crippen LogP contribution in [-0.4, -0.2) is 29.8 Å². The molecule has 2 aromatic carbocycles. The van der Waals surface area contributed by atoms with Crippen LogP contribution in [0.15, 0.2) is 53.3 Å². The number of H-pyrrole nitrogens is 1. The van der Waals surface area contributed by atoms with Crippen molar-refractivity contribution in [3.63, 3.8) is 0 Å². The molecule has 0 saturated heterocycles. The number of hydrogen-bond donors (Lipinski definition) is 1. The lowest BCUT2D eigenvalue weighted by Crippen LogP contribution is -2.28. The van der Waals surface area contributed by atoms with E-state index < -0.39 is 23.6 Å². The lowest BCUT2D eigenvalue weighted by molar-refractivity contribution is -0.145. The molecule has 0 aliphatic carbocycles. The molecular weight excluding hydrogens is 469 g/mol. The number of alkyl halides is 3. The van der Waals surface area contributed by atoms with Crippen LogP contribution >= 0.6 is 0 Å². The Hall–Kier alpha value is -3.69. The smallest absolute Gasteiger partial charge is 0.291 e. The average molecular weight is 499 g/mol. The molecule has 0 unspecified atom stereocenters. The third-order valence-corrected chi connectivity index (χ3v) is 6.14. The summed E-state index contributed by atoms with van der Waals surface area (Å²) in [7, 11) is 0. The fraction of sp³-hybridized carbons (Fsp3) is 0.385. The van der Waals surface area contributed by atoms with Crippen molar-refractivity contribution in [1.82, 2.24) is 29.8 Å². The molecule has 0 amide bonds. The highest BCUT2D eigenvalue weighted by atomic mass is 19.4. The molecule has 4 aromatic rings. The van der Waals surface area contributed by atoms with E-state index in [4.69, 9.17) is 0 Å². The van der Waals surface area contributed by atoms with E-state index in [1.54, 1.807) is 13.8 Å². The molecular formula is C26H29F3N6O. The zero-order valence-electron chi connectivity index (χ0n) is 20.7. The summed E-state index contributed by atoms with van der Waals surface area (Å²) >= 11 is 0. The maximum Gasteiger partial charge on any atom is 0.433 e. The van der Waals surface area contributed by atoms with E-state index in [-0.39, 0.29) is 24.6 Å². The SMILES string of the molecule is CC(C)CCc1c(C(F)(F)F)n(C(C)C)c(=O)n1Cc1ccc(-c2ccccc2-c2nn[nH]n2)cc1. The van der Waals surface area contributed by atoms with E-state index in [1.807, 2.05) is 62.4 Å². The van der Waals surface area contributed by atoms with Gasteiger partial charge >= 0.3 is 11.9 Å². The fourth-order valence-electron chi connectivity index (χ4n) is 4.41. The van der Waals surface area contributed by atoms with Gasteiger partial charge in [0.25, 0.3) is 0 Å². The molecule has 190 valence electrons. The first-order chi connectivity index (χ1) is 17.1. The van der Waals surface area contributed by atoms with E-state index in [9.17, 15) is 18.0 Å². The second-order valence-electron chi connectivity index (χ2n) is 9.54. The van der Waals surface area contributed by atoms with Gasteiger partial charge in [0.15, 0.2) is 0 Å². The predicted octanol–water partition coefficient (Wildman–Crippen LogP) is 5.73. The number of nitrogens with one attached hydrogen (secondary N) is 1. The summed E-state index contributed by atoms with van der Waals surface area (Å²) in [6.45, 7) is 7.18. The molecule has 10 heteroatoms. The Kier molecular flexibility index (Phi) is 7.14. The number of nitrogens with zero attached hydrogens (tertiary/aromatic N) is 5. The standard InChI is InChI=1S/C26H29F3N6O/c1-16(2)9-14-22-23(26(27,28)29)35(17(3)4)25(36)34(22)15-18-10-12-19(13-11-18)20-7-5-6-8-21(20)24-30-32-33-31-24/h5-8,10-13,16-17H,9,14-15H2,1-4H3,(H,30,31,32,33). The van der Waals surface area contributed by atoms with Gasteiger partial charge in [-0.05, 0) is 54.5 Å². The molecule has 0 saturated carbocycles. The van der Waals surface area contributed by atoms with Gasteiger partial charge in [-0.1, -0.05) is 62.4 Å². The minimum absolute atomic E-state index is 0.0430. The molecule has 0 atom stereocenters. The fourth-order valence-corrected chi connectivity index (χ4v) is 4.41. The van der Waals surface area contributed by atoms with Crippen LogP contribution in [0.2, 0.25) is 0 Å². The number of aromatic nitrogens is 6. The number of rotatable bonds is 8. The van der Waals surface area contributed by atoms with Gasteiger partial charge in [0.05, 0.1) is 12.2 Å². The van der Waals surface area contributed by atoms with Crippen LogP contribution in [0, 0.1) is 5.92 Å². The highest BCUT2D eigenvalue weighted by Gasteiger charge is 2.41. The summed E-state index contributed by atoms with van der Waals surface area (Å²) in [5.41, 5.74) is 1.89. The quantitative estimate of drug-likeness (QED) is 0.336. The molecule has 0 radical (unpaired) electrons. The Morgan fingerprint density at radius 3 is 2.19 bits per heavy atom. The number of halogens is 3. The number of hydrogen-bond acceptors (Lipinski definition) is 4. The van der Waals surface area contributed by atoms with E-state index in [0.29, 0.717) is 12.2 Å². The second-order valence-corrected chi connectivity index (χ2v) is 9.54.